The second-order valence-electron chi connectivity index (χ2n) is 7.80. The summed E-state index contributed by atoms with van der Waals surface area (Å²) in [5.74, 6) is 3.62. The van der Waals surface area contributed by atoms with Gasteiger partial charge in [0.05, 0.1) is 18.2 Å². The summed E-state index contributed by atoms with van der Waals surface area (Å²) in [6.45, 7) is 3.59. The molecular formula is C17H25N3O2S. The monoisotopic (exact) mass is 335 g/mol. The normalized spacial score (nSPS) is 26.7. The van der Waals surface area contributed by atoms with Crippen molar-refractivity contribution in [3.63, 3.8) is 0 Å². The van der Waals surface area contributed by atoms with Crippen molar-refractivity contribution in [2.45, 2.75) is 57.0 Å². The molecule has 126 valence electrons. The summed E-state index contributed by atoms with van der Waals surface area (Å²) in [5, 5.41) is 17.1. The lowest BCUT2D eigenvalue weighted by atomic mass is 10.1. The zero-order valence-electron chi connectivity index (χ0n) is 13.8. The Morgan fingerprint density at radius 3 is 2.87 bits per heavy atom. The molecule has 2 N–H and O–H groups in total. The number of aliphatic hydroxyl groups excluding tert-OH is 1. The van der Waals surface area contributed by atoms with Crippen LogP contribution < -0.4 is 5.32 Å². The molecular weight excluding hydrogens is 310 g/mol. The number of amides is 1. The molecule has 0 aromatic carbocycles. The van der Waals surface area contributed by atoms with Crippen molar-refractivity contribution in [3.05, 3.63) is 17.0 Å². The summed E-state index contributed by atoms with van der Waals surface area (Å²) in [6, 6.07) is 0.455. The summed E-state index contributed by atoms with van der Waals surface area (Å²) in [6.07, 6.45) is 4.58. The van der Waals surface area contributed by atoms with E-state index in [0.717, 1.165) is 25.2 Å². The van der Waals surface area contributed by atoms with E-state index < -0.39 is 5.54 Å². The van der Waals surface area contributed by atoms with Gasteiger partial charge in [-0.1, -0.05) is 0 Å². The number of nitrogens with one attached hydrogen (secondary N) is 1. The molecule has 0 radical (unpaired) electrons. The highest BCUT2D eigenvalue weighted by Crippen LogP contribution is 2.57. The van der Waals surface area contributed by atoms with Gasteiger partial charge >= 0.3 is 0 Å². The van der Waals surface area contributed by atoms with E-state index in [4.69, 9.17) is 5.10 Å². The van der Waals surface area contributed by atoms with Crippen LogP contribution in [0.15, 0.2) is 0 Å². The van der Waals surface area contributed by atoms with Crippen molar-refractivity contribution in [3.8, 4) is 0 Å². The van der Waals surface area contributed by atoms with Crippen LogP contribution >= 0.6 is 11.8 Å². The van der Waals surface area contributed by atoms with E-state index in [0.29, 0.717) is 17.7 Å². The maximum absolute atomic E-state index is 12.7. The van der Waals surface area contributed by atoms with Gasteiger partial charge in [-0.05, 0) is 57.0 Å². The molecule has 1 aromatic heterocycles. The number of thioether (sulfide) groups is 1. The van der Waals surface area contributed by atoms with Gasteiger partial charge in [0.25, 0.3) is 5.91 Å². The molecule has 1 aliphatic heterocycles. The van der Waals surface area contributed by atoms with Gasteiger partial charge < -0.3 is 10.4 Å². The van der Waals surface area contributed by atoms with Gasteiger partial charge in [0.15, 0.2) is 5.69 Å². The highest BCUT2D eigenvalue weighted by Gasteiger charge is 2.50. The first-order valence-electron chi connectivity index (χ1n) is 8.62. The van der Waals surface area contributed by atoms with Gasteiger partial charge in [-0.2, -0.15) is 16.9 Å². The fraction of sp³-hybridized carbons (Fsp3) is 0.765. The molecule has 3 aliphatic rings. The van der Waals surface area contributed by atoms with Crippen molar-refractivity contribution in [1.82, 2.24) is 15.1 Å². The fourth-order valence-corrected chi connectivity index (χ4v) is 5.02. The van der Waals surface area contributed by atoms with E-state index in [1.54, 1.807) is 0 Å². The van der Waals surface area contributed by atoms with Crippen LogP contribution in [-0.4, -0.2) is 44.4 Å². The third-order valence-electron chi connectivity index (χ3n) is 5.39. The van der Waals surface area contributed by atoms with Crippen LogP contribution in [0.25, 0.3) is 0 Å². The highest BCUT2D eigenvalue weighted by molar-refractivity contribution is 7.99. The van der Waals surface area contributed by atoms with Crippen LogP contribution in [0.5, 0.6) is 0 Å². The summed E-state index contributed by atoms with van der Waals surface area (Å²) in [7, 11) is 0. The molecule has 0 bridgehead atoms. The van der Waals surface area contributed by atoms with Crippen LogP contribution in [0.2, 0.25) is 0 Å². The first-order valence-corrected chi connectivity index (χ1v) is 9.78. The van der Waals surface area contributed by atoms with E-state index in [1.807, 2.05) is 25.6 Å². The average molecular weight is 335 g/mol. The topological polar surface area (TPSA) is 67.2 Å². The largest absolute Gasteiger partial charge is 0.394 e. The molecule has 6 heteroatoms. The van der Waals surface area contributed by atoms with Gasteiger partial charge in [-0.25, -0.2) is 0 Å². The number of rotatable bonds is 4. The number of hydrogen-bond donors (Lipinski definition) is 2. The number of carbonyl (C=O) groups is 1. The van der Waals surface area contributed by atoms with Crippen LogP contribution in [0.4, 0.5) is 0 Å². The smallest absolute Gasteiger partial charge is 0.272 e. The zero-order chi connectivity index (χ0) is 16.2. The Kier molecular flexibility index (Phi) is 3.72. The lowest BCUT2D eigenvalue weighted by Gasteiger charge is -2.24. The lowest BCUT2D eigenvalue weighted by Crippen LogP contribution is -2.46. The summed E-state index contributed by atoms with van der Waals surface area (Å²) in [5.41, 5.74) is 2.51. The predicted molar refractivity (Wildman–Crippen MR) is 91.0 cm³/mol. The molecule has 1 aromatic rings. The Morgan fingerprint density at radius 2 is 2.17 bits per heavy atom. The van der Waals surface area contributed by atoms with E-state index in [-0.39, 0.29) is 12.5 Å². The van der Waals surface area contributed by atoms with Gasteiger partial charge in [-0.15, -0.1) is 0 Å². The molecule has 1 amide bonds. The molecule has 5 nitrogen and oxygen atoms in total. The van der Waals surface area contributed by atoms with Crippen molar-refractivity contribution in [2.75, 3.05) is 18.1 Å². The van der Waals surface area contributed by atoms with Crippen LogP contribution in [-0.2, 0) is 6.42 Å². The van der Waals surface area contributed by atoms with E-state index >= 15 is 0 Å². The van der Waals surface area contributed by atoms with Crippen molar-refractivity contribution >= 4 is 17.7 Å². The number of hydrogen-bond acceptors (Lipinski definition) is 4. The maximum Gasteiger partial charge on any atom is 0.272 e. The molecule has 0 unspecified atom stereocenters. The van der Waals surface area contributed by atoms with Crippen LogP contribution in [0.3, 0.4) is 0 Å². The first kappa shape index (κ1) is 15.5. The van der Waals surface area contributed by atoms with Crippen molar-refractivity contribution in [2.24, 2.45) is 5.92 Å². The van der Waals surface area contributed by atoms with Crippen LogP contribution in [0.1, 0.15) is 66.8 Å². The molecule has 0 spiro atoms. The predicted octanol–water partition coefficient (Wildman–Crippen LogP) is 2.11. The molecule has 2 heterocycles. The summed E-state index contributed by atoms with van der Waals surface area (Å²) in [4.78, 5) is 12.7. The Bertz CT molecular complexity index is 634. The molecule has 2 aliphatic carbocycles. The maximum atomic E-state index is 12.7. The minimum atomic E-state index is -0.614. The number of fused-ring (bicyclic) bond motifs is 3. The third kappa shape index (κ3) is 2.70. The first-order chi connectivity index (χ1) is 11.0. The minimum absolute atomic E-state index is 0.0766. The van der Waals surface area contributed by atoms with Crippen molar-refractivity contribution < 1.29 is 9.90 Å². The van der Waals surface area contributed by atoms with Gasteiger partial charge in [-0.3, -0.25) is 9.48 Å². The van der Waals surface area contributed by atoms with E-state index in [2.05, 4.69) is 10.00 Å². The molecule has 1 saturated carbocycles. The average Bonchev–Trinajstić information content (AvgIpc) is 3.04. The van der Waals surface area contributed by atoms with Crippen molar-refractivity contribution in [1.29, 1.82) is 0 Å². The lowest BCUT2D eigenvalue weighted by molar-refractivity contribution is 0.0862. The summed E-state index contributed by atoms with van der Waals surface area (Å²) >= 11 is 2.01. The Balaban J connectivity index is 1.66. The third-order valence-corrected chi connectivity index (χ3v) is 6.44. The summed E-state index contributed by atoms with van der Waals surface area (Å²) < 4.78 is 2.20. The second-order valence-corrected chi connectivity index (χ2v) is 9.03. The van der Waals surface area contributed by atoms with Gasteiger partial charge in [0.1, 0.15) is 0 Å². The molecule has 23 heavy (non-hydrogen) atoms. The standard InChI is InChI=1S/C17H25N3O2S/c1-17(2,9-21)18-16(22)14-13-8-10-7-12(10)15(13)20(19-14)11-3-5-23-6-4-11/h10-12,21H,3-9H2,1-2H3,(H,18,22)/t10-,12-/m1/s1. The van der Waals surface area contributed by atoms with Gasteiger partial charge in [0.2, 0.25) is 0 Å². The molecule has 4 rings (SSSR count). The SMILES string of the molecule is CC(C)(CO)NC(=O)c1nn(C2CCSCC2)c2c1C[C@H]1C[C@@H]21. The Hall–Kier alpha value is -1.01. The highest BCUT2D eigenvalue weighted by atomic mass is 32.2. The molecule has 2 atom stereocenters. The Morgan fingerprint density at radius 1 is 1.43 bits per heavy atom. The second kappa shape index (κ2) is 5.52. The Labute approximate surface area is 141 Å². The van der Waals surface area contributed by atoms with Gasteiger partial charge in [0, 0.05) is 17.2 Å². The molecule has 1 saturated heterocycles. The molecule has 2 fully saturated rings. The fourth-order valence-electron chi connectivity index (χ4n) is 3.94. The number of aliphatic hydroxyl groups is 1. The minimum Gasteiger partial charge on any atom is -0.394 e. The number of carbonyl (C=O) groups excluding carboxylic acids is 1. The van der Waals surface area contributed by atoms with E-state index in [1.165, 1.54) is 29.2 Å². The number of nitrogens with zero attached hydrogens (tertiary/aromatic N) is 2. The van der Waals surface area contributed by atoms with Crippen LogP contribution in [0, 0.1) is 5.92 Å². The van der Waals surface area contributed by atoms with E-state index in [9.17, 15) is 9.90 Å². The quantitative estimate of drug-likeness (QED) is 0.884. The zero-order valence-corrected chi connectivity index (χ0v) is 14.7. The number of aromatic nitrogens is 2.